The van der Waals surface area contributed by atoms with Crippen LogP contribution in [-0.4, -0.2) is 27.5 Å². The van der Waals surface area contributed by atoms with Gasteiger partial charge in [0.2, 0.25) is 0 Å². The summed E-state index contributed by atoms with van der Waals surface area (Å²) in [4.78, 5) is 30.8. The van der Waals surface area contributed by atoms with Crippen LogP contribution < -0.4 is 5.32 Å². The first-order valence-electron chi connectivity index (χ1n) is 12.5. The van der Waals surface area contributed by atoms with Gasteiger partial charge < -0.3 is 14.6 Å². The molecule has 188 valence electrons. The summed E-state index contributed by atoms with van der Waals surface area (Å²) in [7, 11) is 0. The Balaban J connectivity index is 1.22. The van der Waals surface area contributed by atoms with Gasteiger partial charge in [0, 0.05) is 39.6 Å². The van der Waals surface area contributed by atoms with E-state index in [-0.39, 0.29) is 0 Å². The van der Waals surface area contributed by atoms with Crippen LogP contribution in [0.25, 0.3) is 42.6 Å². The Kier molecular flexibility index (Phi) is 6.13. The first-order valence-corrected chi connectivity index (χ1v) is 13.3. The Hall–Kier alpha value is -4.49. The Morgan fingerprint density at radius 3 is 2.50 bits per heavy atom. The molecule has 6 rings (SSSR count). The van der Waals surface area contributed by atoms with Gasteiger partial charge in [0.1, 0.15) is 5.01 Å². The van der Waals surface area contributed by atoms with E-state index in [9.17, 15) is 9.59 Å². The van der Waals surface area contributed by atoms with Crippen LogP contribution in [0.2, 0.25) is 0 Å². The second kappa shape index (κ2) is 9.76. The molecule has 2 heterocycles. The van der Waals surface area contributed by atoms with E-state index in [0.29, 0.717) is 16.8 Å². The second-order valence-electron chi connectivity index (χ2n) is 9.06. The van der Waals surface area contributed by atoms with Gasteiger partial charge in [-0.3, -0.25) is 4.79 Å². The topological polar surface area (TPSA) is 73.2 Å². The lowest BCUT2D eigenvalue weighted by Crippen LogP contribution is -2.30. The molecule has 0 saturated carbocycles. The third kappa shape index (κ3) is 4.21. The summed E-state index contributed by atoms with van der Waals surface area (Å²) in [5.41, 5.74) is 4.85. The van der Waals surface area contributed by atoms with E-state index in [4.69, 9.17) is 4.74 Å². The van der Waals surface area contributed by atoms with Crippen molar-refractivity contribution in [3.63, 3.8) is 0 Å². The number of esters is 1. The molecule has 0 aliphatic carbocycles. The smallest absolute Gasteiger partial charge is 0.339 e. The van der Waals surface area contributed by atoms with Crippen molar-refractivity contribution in [3.8, 4) is 10.6 Å². The molecule has 7 heteroatoms. The Morgan fingerprint density at radius 2 is 1.66 bits per heavy atom. The van der Waals surface area contributed by atoms with Crippen LogP contribution in [0.1, 0.15) is 24.2 Å². The molecule has 2 aromatic heterocycles. The fourth-order valence-electron chi connectivity index (χ4n) is 4.83. The number of nitrogens with zero attached hydrogens (tertiary/aromatic N) is 2. The summed E-state index contributed by atoms with van der Waals surface area (Å²) in [5, 5.41) is 5.84. The SMILES string of the molecule is CCn1c2ccccc2c2cc(NC(=O)C(C)OC(=O)c3ccccc3-c3nc4ccccc4s3)ccc21. The number of para-hydroxylation sites is 2. The number of hydrogen-bond acceptors (Lipinski definition) is 5. The molecule has 0 spiro atoms. The zero-order chi connectivity index (χ0) is 26.2. The molecule has 1 amide bonds. The molecule has 0 bridgehead atoms. The average molecular weight is 520 g/mol. The van der Waals surface area contributed by atoms with Crippen LogP contribution in [0.15, 0.2) is 91.0 Å². The van der Waals surface area contributed by atoms with Crippen LogP contribution in [0.5, 0.6) is 0 Å². The van der Waals surface area contributed by atoms with E-state index >= 15 is 0 Å². The molecule has 1 atom stereocenters. The normalized spacial score (nSPS) is 12.2. The van der Waals surface area contributed by atoms with E-state index in [1.54, 1.807) is 19.1 Å². The quantitative estimate of drug-likeness (QED) is 0.235. The lowest BCUT2D eigenvalue weighted by atomic mass is 10.1. The molecule has 6 nitrogen and oxygen atoms in total. The highest BCUT2D eigenvalue weighted by Crippen LogP contribution is 2.33. The van der Waals surface area contributed by atoms with Crippen molar-refractivity contribution >= 4 is 60.9 Å². The largest absolute Gasteiger partial charge is 0.449 e. The van der Waals surface area contributed by atoms with Gasteiger partial charge in [-0.1, -0.05) is 48.5 Å². The van der Waals surface area contributed by atoms with Gasteiger partial charge in [-0.25, -0.2) is 9.78 Å². The van der Waals surface area contributed by atoms with E-state index < -0.39 is 18.0 Å². The van der Waals surface area contributed by atoms with Crippen molar-refractivity contribution in [2.45, 2.75) is 26.5 Å². The summed E-state index contributed by atoms with van der Waals surface area (Å²) < 4.78 is 8.90. The zero-order valence-electron chi connectivity index (χ0n) is 21.0. The van der Waals surface area contributed by atoms with Gasteiger partial charge in [-0.05, 0) is 56.3 Å². The molecule has 0 radical (unpaired) electrons. The number of carbonyl (C=O) groups is 2. The summed E-state index contributed by atoms with van der Waals surface area (Å²) in [5.74, 6) is -0.960. The number of hydrogen-bond donors (Lipinski definition) is 1. The third-order valence-corrected chi connectivity index (χ3v) is 7.75. The van der Waals surface area contributed by atoms with Gasteiger partial charge in [0.15, 0.2) is 6.10 Å². The molecular weight excluding hydrogens is 494 g/mol. The van der Waals surface area contributed by atoms with Crippen LogP contribution in [0.3, 0.4) is 0 Å². The maximum absolute atomic E-state index is 13.2. The molecule has 38 heavy (non-hydrogen) atoms. The van der Waals surface area contributed by atoms with Crippen molar-refractivity contribution in [1.29, 1.82) is 0 Å². The molecule has 4 aromatic carbocycles. The number of thiazole rings is 1. The summed E-state index contributed by atoms with van der Waals surface area (Å²) in [6, 6.07) is 29.1. The molecule has 0 aliphatic rings. The number of aryl methyl sites for hydroxylation is 1. The lowest BCUT2D eigenvalue weighted by molar-refractivity contribution is -0.123. The highest BCUT2D eigenvalue weighted by atomic mass is 32.1. The predicted octanol–water partition coefficient (Wildman–Crippen LogP) is 7.28. The van der Waals surface area contributed by atoms with Crippen molar-refractivity contribution < 1.29 is 14.3 Å². The Bertz CT molecular complexity index is 1800. The van der Waals surface area contributed by atoms with Gasteiger partial charge in [0.25, 0.3) is 5.91 Å². The highest BCUT2D eigenvalue weighted by Gasteiger charge is 2.23. The van der Waals surface area contributed by atoms with Gasteiger partial charge in [0.05, 0.1) is 15.8 Å². The third-order valence-electron chi connectivity index (χ3n) is 6.68. The molecule has 1 unspecified atom stereocenters. The second-order valence-corrected chi connectivity index (χ2v) is 10.1. The number of anilines is 1. The molecular formula is C31H25N3O3S. The highest BCUT2D eigenvalue weighted by molar-refractivity contribution is 7.21. The number of aromatic nitrogens is 2. The van der Waals surface area contributed by atoms with Crippen molar-refractivity contribution in [1.82, 2.24) is 9.55 Å². The Morgan fingerprint density at radius 1 is 0.921 bits per heavy atom. The van der Waals surface area contributed by atoms with Gasteiger partial charge in [-0.15, -0.1) is 11.3 Å². The van der Waals surface area contributed by atoms with E-state index in [2.05, 4.69) is 33.9 Å². The Labute approximate surface area is 223 Å². The monoisotopic (exact) mass is 519 g/mol. The van der Waals surface area contributed by atoms with Gasteiger partial charge >= 0.3 is 5.97 Å². The minimum atomic E-state index is -0.987. The van der Waals surface area contributed by atoms with Gasteiger partial charge in [-0.2, -0.15) is 0 Å². The number of amides is 1. The van der Waals surface area contributed by atoms with E-state index in [1.165, 1.54) is 11.3 Å². The van der Waals surface area contributed by atoms with Crippen LogP contribution in [-0.2, 0) is 16.1 Å². The fraction of sp³-hybridized carbons (Fsp3) is 0.129. The van der Waals surface area contributed by atoms with Crippen LogP contribution in [0, 0.1) is 0 Å². The maximum atomic E-state index is 13.2. The number of fused-ring (bicyclic) bond motifs is 4. The molecule has 0 saturated heterocycles. The van der Waals surface area contributed by atoms with Crippen molar-refractivity contribution in [2.24, 2.45) is 0 Å². The average Bonchev–Trinajstić information content (AvgIpc) is 3.52. The molecule has 0 fully saturated rings. The number of benzene rings is 4. The standard InChI is InChI=1S/C31H25N3O3S/c1-3-34-26-14-8-6-10-21(26)24-18-20(16-17-27(24)34)32-29(35)19(2)37-31(36)23-12-5-4-11-22(23)30-33-25-13-7-9-15-28(25)38-30/h4-19H,3H2,1-2H3,(H,32,35). The van der Waals surface area contributed by atoms with E-state index in [1.807, 2.05) is 66.7 Å². The summed E-state index contributed by atoms with van der Waals surface area (Å²) in [6.45, 7) is 4.54. The minimum Gasteiger partial charge on any atom is -0.449 e. The van der Waals surface area contributed by atoms with Crippen molar-refractivity contribution in [3.05, 3.63) is 96.6 Å². The summed E-state index contributed by atoms with van der Waals surface area (Å²) in [6.07, 6.45) is -0.987. The minimum absolute atomic E-state index is 0.375. The number of ether oxygens (including phenoxy) is 1. The fourth-order valence-corrected chi connectivity index (χ4v) is 5.83. The first kappa shape index (κ1) is 23.9. The zero-order valence-corrected chi connectivity index (χ0v) is 21.8. The molecule has 1 N–H and O–H groups in total. The van der Waals surface area contributed by atoms with Crippen molar-refractivity contribution in [2.75, 3.05) is 5.32 Å². The maximum Gasteiger partial charge on any atom is 0.339 e. The predicted molar refractivity (Wildman–Crippen MR) is 154 cm³/mol. The number of rotatable bonds is 6. The first-order chi connectivity index (χ1) is 18.5. The van der Waals surface area contributed by atoms with Crippen LogP contribution in [0.4, 0.5) is 5.69 Å². The number of nitrogens with one attached hydrogen (secondary N) is 1. The van der Waals surface area contributed by atoms with Crippen LogP contribution >= 0.6 is 11.3 Å². The lowest BCUT2D eigenvalue weighted by Gasteiger charge is -2.15. The summed E-state index contributed by atoms with van der Waals surface area (Å²) >= 11 is 1.51. The number of carbonyl (C=O) groups excluding carboxylic acids is 2. The van der Waals surface area contributed by atoms with E-state index in [0.717, 1.165) is 43.6 Å². The molecule has 0 aliphatic heterocycles. The molecule has 6 aromatic rings.